The molecule has 0 spiro atoms. The highest BCUT2D eigenvalue weighted by atomic mass is 16.2. The van der Waals surface area contributed by atoms with Crippen LogP contribution in [0.1, 0.15) is 25.0 Å². The van der Waals surface area contributed by atoms with Crippen molar-refractivity contribution in [3.05, 3.63) is 47.5 Å². The number of carbonyl (C=O) groups is 1. The maximum Gasteiger partial charge on any atom is 0.237 e. The van der Waals surface area contributed by atoms with E-state index in [4.69, 9.17) is 0 Å². The molecule has 0 bridgehead atoms. The van der Waals surface area contributed by atoms with Gasteiger partial charge < -0.3 is 4.90 Å². The second kappa shape index (κ2) is 7.85. The molecule has 0 aromatic heterocycles. The summed E-state index contributed by atoms with van der Waals surface area (Å²) >= 11 is 0. The van der Waals surface area contributed by atoms with Gasteiger partial charge in [-0.15, -0.1) is 0 Å². The van der Waals surface area contributed by atoms with E-state index in [9.17, 15) is 4.79 Å². The van der Waals surface area contributed by atoms with E-state index in [1.807, 2.05) is 37.9 Å². The Morgan fingerprint density at radius 3 is 2.45 bits per heavy atom. The molecular formula is C17H26N2O. The lowest BCUT2D eigenvalue weighted by Gasteiger charge is -2.24. The molecule has 3 heteroatoms. The first-order valence-electron chi connectivity index (χ1n) is 7.09. The van der Waals surface area contributed by atoms with Gasteiger partial charge in [-0.05, 0) is 38.9 Å². The number of benzene rings is 1. The molecule has 20 heavy (non-hydrogen) atoms. The number of carbonyl (C=O) groups excluding carboxylic acids is 1. The molecule has 1 amide bonds. The van der Waals surface area contributed by atoms with Crippen LogP contribution in [-0.4, -0.2) is 42.4 Å². The third-order valence-electron chi connectivity index (χ3n) is 3.30. The van der Waals surface area contributed by atoms with Crippen LogP contribution in [0.3, 0.4) is 0 Å². The summed E-state index contributed by atoms with van der Waals surface area (Å²) in [5, 5.41) is 0. The lowest BCUT2D eigenvalue weighted by molar-refractivity contribution is -0.131. The van der Waals surface area contributed by atoms with Crippen molar-refractivity contribution in [2.45, 2.75) is 27.3 Å². The summed E-state index contributed by atoms with van der Waals surface area (Å²) < 4.78 is 0. The van der Waals surface area contributed by atoms with Gasteiger partial charge in [-0.2, -0.15) is 0 Å². The highest BCUT2D eigenvalue weighted by Gasteiger charge is 2.14. The van der Waals surface area contributed by atoms with Crippen LogP contribution in [0.25, 0.3) is 0 Å². The Labute approximate surface area is 122 Å². The third kappa shape index (κ3) is 5.17. The number of nitrogens with zero attached hydrogens (tertiary/aromatic N) is 2. The normalized spacial score (nSPS) is 10.7. The fraction of sp³-hybridized carbons (Fsp3) is 0.471. The van der Waals surface area contributed by atoms with Gasteiger partial charge in [0.1, 0.15) is 0 Å². The predicted molar refractivity (Wildman–Crippen MR) is 84.6 cm³/mol. The van der Waals surface area contributed by atoms with Crippen molar-refractivity contribution in [2.75, 3.05) is 26.7 Å². The molecule has 3 nitrogen and oxygen atoms in total. The number of hydrogen-bond acceptors (Lipinski definition) is 2. The Kier molecular flexibility index (Phi) is 6.46. The largest absolute Gasteiger partial charge is 0.338 e. The monoisotopic (exact) mass is 274 g/mol. The molecule has 0 aliphatic carbocycles. The van der Waals surface area contributed by atoms with Crippen LogP contribution in [0.5, 0.6) is 0 Å². The Bertz CT molecular complexity index is 468. The van der Waals surface area contributed by atoms with Crippen molar-refractivity contribution in [1.29, 1.82) is 0 Å². The predicted octanol–water partition coefficient (Wildman–Crippen LogP) is 2.85. The van der Waals surface area contributed by atoms with Gasteiger partial charge in [0.25, 0.3) is 0 Å². The molecule has 0 unspecified atom stereocenters. The average Bonchev–Trinajstić information content (AvgIpc) is 2.38. The van der Waals surface area contributed by atoms with Gasteiger partial charge in [0.15, 0.2) is 0 Å². The van der Waals surface area contributed by atoms with E-state index < -0.39 is 0 Å². The van der Waals surface area contributed by atoms with Crippen molar-refractivity contribution < 1.29 is 4.79 Å². The summed E-state index contributed by atoms with van der Waals surface area (Å²) in [5.41, 5.74) is 3.55. The highest BCUT2D eigenvalue weighted by molar-refractivity contribution is 5.78. The quantitative estimate of drug-likeness (QED) is 0.714. The van der Waals surface area contributed by atoms with E-state index in [-0.39, 0.29) is 5.91 Å². The Balaban J connectivity index is 2.57. The summed E-state index contributed by atoms with van der Waals surface area (Å²) in [4.78, 5) is 16.1. The molecule has 1 aromatic rings. The molecular weight excluding hydrogens is 248 g/mol. The van der Waals surface area contributed by atoms with Crippen LogP contribution >= 0.6 is 0 Å². The SMILES string of the molecule is C=C(C)CN(CC)C(=O)CN(C)Cc1ccccc1C. The summed E-state index contributed by atoms with van der Waals surface area (Å²) in [6.07, 6.45) is 0. The van der Waals surface area contributed by atoms with Crippen LogP contribution in [0.15, 0.2) is 36.4 Å². The van der Waals surface area contributed by atoms with Crippen LogP contribution in [-0.2, 0) is 11.3 Å². The third-order valence-corrected chi connectivity index (χ3v) is 3.30. The van der Waals surface area contributed by atoms with Gasteiger partial charge in [0, 0.05) is 19.6 Å². The lowest BCUT2D eigenvalue weighted by Crippen LogP contribution is -2.39. The molecule has 0 N–H and O–H groups in total. The Morgan fingerprint density at radius 2 is 1.90 bits per heavy atom. The van der Waals surface area contributed by atoms with Crippen molar-refractivity contribution in [3.8, 4) is 0 Å². The summed E-state index contributed by atoms with van der Waals surface area (Å²) in [5.74, 6) is 0.159. The van der Waals surface area contributed by atoms with Gasteiger partial charge in [0.2, 0.25) is 5.91 Å². The zero-order valence-corrected chi connectivity index (χ0v) is 13.1. The van der Waals surface area contributed by atoms with Gasteiger partial charge in [-0.25, -0.2) is 0 Å². The molecule has 0 fully saturated rings. The summed E-state index contributed by atoms with van der Waals surface area (Å²) in [7, 11) is 1.99. The maximum atomic E-state index is 12.2. The van der Waals surface area contributed by atoms with Crippen LogP contribution in [0.2, 0.25) is 0 Å². The molecule has 1 aromatic carbocycles. The van der Waals surface area contributed by atoms with Crippen molar-refractivity contribution in [3.63, 3.8) is 0 Å². The van der Waals surface area contributed by atoms with Gasteiger partial charge >= 0.3 is 0 Å². The van der Waals surface area contributed by atoms with E-state index in [0.29, 0.717) is 13.1 Å². The highest BCUT2D eigenvalue weighted by Crippen LogP contribution is 2.09. The zero-order chi connectivity index (χ0) is 15.1. The fourth-order valence-corrected chi connectivity index (χ4v) is 2.17. The van der Waals surface area contributed by atoms with Gasteiger partial charge in [-0.1, -0.05) is 36.4 Å². The van der Waals surface area contributed by atoms with E-state index in [1.54, 1.807) is 0 Å². The van der Waals surface area contributed by atoms with E-state index in [2.05, 4.69) is 30.5 Å². The van der Waals surface area contributed by atoms with Crippen LogP contribution in [0.4, 0.5) is 0 Å². The number of hydrogen-bond donors (Lipinski definition) is 0. The minimum atomic E-state index is 0.159. The molecule has 0 atom stereocenters. The summed E-state index contributed by atoms with van der Waals surface area (Å²) in [6.45, 7) is 12.5. The molecule has 0 saturated heterocycles. The first-order valence-corrected chi connectivity index (χ1v) is 7.09. The van der Waals surface area contributed by atoms with Crippen molar-refractivity contribution in [1.82, 2.24) is 9.80 Å². The minimum Gasteiger partial charge on any atom is -0.338 e. The topological polar surface area (TPSA) is 23.6 Å². The van der Waals surface area contributed by atoms with Gasteiger partial charge in [-0.3, -0.25) is 9.69 Å². The first kappa shape index (κ1) is 16.4. The van der Waals surface area contributed by atoms with Crippen LogP contribution in [0, 0.1) is 6.92 Å². The zero-order valence-electron chi connectivity index (χ0n) is 13.1. The summed E-state index contributed by atoms with van der Waals surface area (Å²) in [6, 6.07) is 8.29. The second-order valence-corrected chi connectivity index (χ2v) is 5.46. The average molecular weight is 274 g/mol. The molecule has 0 heterocycles. The molecule has 1 rings (SSSR count). The van der Waals surface area contributed by atoms with E-state index in [1.165, 1.54) is 11.1 Å². The smallest absolute Gasteiger partial charge is 0.237 e. The standard InChI is InChI=1S/C17H26N2O/c1-6-19(11-14(2)3)17(20)13-18(5)12-16-10-8-7-9-15(16)4/h7-10H,2,6,11-13H2,1,3-5H3. The van der Waals surface area contributed by atoms with Crippen LogP contribution < -0.4 is 0 Å². The fourth-order valence-electron chi connectivity index (χ4n) is 2.17. The molecule has 110 valence electrons. The molecule has 0 saturated carbocycles. The number of aryl methyl sites for hydroxylation is 1. The molecule has 0 radical (unpaired) electrons. The minimum absolute atomic E-state index is 0.159. The Morgan fingerprint density at radius 1 is 1.25 bits per heavy atom. The van der Waals surface area contributed by atoms with Crippen molar-refractivity contribution >= 4 is 5.91 Å². The van der Waals surface area contributed by atoms with Crippen molar-refractivity contribution in [2.24, 2.45) is 0 Å². The van der Waals surface area contributed by atoms with E-state index >= 15 is 0 Å². The molecule has 0 aliphatic heterocycles. The maximum absolute atomic E-state index is 12.2. The van der Waals surface area contributed by atoms with E-state index in [0.717, 1.165) is 18.7 Å². The van der Waals surface area contributed by atoms with Gasteiger partial charge in [0.05, 0.1) is 6.54 Å². The lowest BCUT2D eigenvalue weighted by atomic mass is 10.1. The second-order valence-electron chi connectivity index (χ2n) is 5.46. The Hall–Kier alpha value is -1.61. The number of likely N-dealkylation sites (N-methyl/N-ethyl adjacent to an activating group) is 2. The first-order chi connectivity index (χ1) is 9.43. The molecule has 0 aliphatic rings. The number of rotatable bonds is 7. The number of amides is 1.